The van der Waals surface area contributed by atoms with Crippen molar-refractivity contribution in [2.45, 2.75) is 19.8 Å². The topological polar surface area (TPSA) is 65.4 Å². The van der Waals surface area contributed by atoms with Gasteiger partial charge in [-0.25, -0.2) is 4.98 Å². The fourth-order valence-electron chi connectivity index (χ4n) is 3.43. The van der Waals surface area contributed by atoms with Crippen molar-refractivity contribution < 1.29 is 14.3 Å². The molecule has 1 aromatic heterocycles. The highest BCUT2D eigenvalue weighted by molar-refractivity contribution is 6.05. The molecule has 6 heteroatoms. The highest BCUT2D eigenvalue weighted by atomic mass is 16.5. The van der Waals surface area contributed by atoms with Gasteiger partial charge in [0.1, 0.15) is 12.4 Å². The van der Waals surface area contributed by atoms with E-state index >= 15 is 0 Å². The Morgan fingerprint density at radius 2 is 2.04 bits per heavy atom. The second-order valence-corrected chi connectivity index (χ2v) is 6.46. The summed E-state index contributed by atoms with van der Waals surface area (Å²) in [5.41, 5.74) is 5.51. The third-order valence-corrected chi connectivity index (χ3v) is 4.80. The minimum atomic E-state index is -0.151. The van der Waals surface area contributed by atoms with Gasteiger partial charge in [-0.05, 0) is 41.5 Å². The average Bonchev–Trinajstić information content (AvgIpc) is 3.27. The number of aromatic nitrogens is 2. The van der Waals surface area contributed by atoms with Crippen LogP contribution in [0.5, 0.6) is 5.75 Å². The summed E-state index contributed by atoms with van der Waals surface area (Å²) in [5, 5.41) is 2.97. The van der Waals surface area contributed by atoms with Gasteiger partial charge >= 0.3 is 0 Å². The summed E-state index contributed by atoms with van der Waals surface area (Å²) < 4.78 is 13.3. The Bertz CT molecular complexity index is 1010. The van der Waals surface area contributed by atoms with Crippen LogP contribution in [0.1, 0.15) is 21.5 Å². The van der Waals surface area contributed by atoms with Gasteiger partial charge in [-0.15, -0.1) is 0 Å². The first kappa shape index (κ1) is 15.2. The van der Waals surface area contributed by atoms with Crippen molar-refractivity contribution in [1.82, 2.24) is 9.55 Å². The number of benzene rings is 2. The molecular weight excluding hydrogens is 330 g/mol. The summed E-state index contributed by atoms with van der Waals surface area (Å²) >= 11 is 0. The summed E-state index contributed by atoms with van der Waals surface area (Å²) in [6, 6.07) is 11.4. The lowest BCUT2D eigenvalue weighted by atomic mass is 10.1. The first-order valence-electron chi connectivity index (χ1n) is 8.56. The van der Waals surface area contributed by atoms with Crippen molar-refractivity contribution in [3.05, 3.63) is 65.6 Å². The molecule has 6 nitrogen and oxygen atoms in total. The smallest absolute Gasteiger partial charge is 0.255 e. The predicted molar refractivity (Wildman–Crippen MR) is 96.0 cm³/mol. The van der Waals surface area contributed by atoms with Gasteiger partial charge in [0.2, 0.25) is 0 Å². The number of nitrogens with zero attached hydrogens (tertiary/aromatic N) is 2. The van der Waals surface area contributed by atoms with Crippen molar-refractivity contribution in [2.75, 3.05) is 11.9 Å². The molecule has 0 aliphatic carbocycles. The van der Waals surface area contributed by atoms with E-state index in [-0.39, 0.29) is 5.91 Å². The Hall–Kier alpha value is -3.12. The van der Waals surface area contributed by atoms with E-state index < -0.39 is 0 Å². The maximum atomic E-state index is 12.7. The van der Waals surface area contributed by atoms with Crippen LogP contribution in [0.2, 0.25) is 0 Å². The van der Waals surface area contributed by atoms with Crippen LogP contribution < -0.4 is 10.1 Å². The normalized spacial score (nSPS) is 14.6. The largest absolute Gasteiger partial charge is 0.491 e. The molecule has 3 aromatic rings. The Kier molecular flexibility index (Phi) is 3.50. The Labute approximate surface area is 150 Å². The summed E-state index contributed by atoms with van der Waals surface area (Å²) in [5.74, 6) is 0.623. The van der Waals surface area contributed by atoms with Gasteiger partial charge in [0.05, 0.1) is 38.0 Å². The number of carbonyl (C=O) groups is 1. The first-order valence-corrected chi connectivity index (χ1v) is 8.56. The van der Waals surface area contributed by atoms with Crippen molar-refractivity contribution in [2.24, 2.45) is 0 Å². The van der Waals surface area contributed by atoms with Gasteiger partial charge in [-0.1, -0.05) is 6.07 Å². The fraction of sp³-hybridized carbons (Fsp3) is 0.200. The van der Waals surface area contributed by atoms with Crippen molar-refractivity contribution in [3.63, 3.8) is 0 Å². The fourth-order valence-corrected chi connectivity index (χ4v) is 3.43. The second-order valence-electron chi connectivity index (χ2n) is 6.46. The number of fused-ring (bicyclic) bond motifs is 4. The van der Waals surface area contributed by atoms with Crippen LogP contribution in [-0.2, 0) is 24.5 Å². The number of ether oxygens (including phenoxy) is 2. The number of rotatable bonds is 2. The Balaban J connectivity index is 1.45. The predicted octanol–water partition coefficient (Wildman–Crippen LogP) is 3.23. The minimum absolute atomic E-state index is 0.151. The van der Waals surface area contributed by atoms with E-state index in [0.29, 0.717) is 25.4 Å². The lowest BCUT2D eigenvalue weighted by Gasteiger charge is -2.10. The molecule has 1 N–H and O–H groups in total. The number of carbonyl (C=O) groups excluding carboxylic acids is 1. The highest BCUT2D eigenvalue weighted by Gasteiger charge is 2.18. The molecule has 0 atom stereocenters. The quantitative estimate of drug-likeness (QED) is 0.773. The van der Waals surface area contributed by atoms with E-state index in [1.807, 2.05) is 34.9 Å². The molecule has 0 spiro atoms. The van der Waals surface area contributed by atoms with Crippen LogP contribution >= 0.6 is 0 Å². The van der Waals surface area contributed by atoms with Crippen LogP contribution in [0, 0.1) is 0 Å². The molecule has 2 aliphatic heterocycles. The van der Waals surface area contributed by atoms with Crippen molar-refractivity contribution in [3.8, 4) is 17.0 Å². The maximum Gasteiger partial charge on any atom is 0.255 e. The molecule has 5 rings (SSSR count). The Morgan fingerprint density at radius 3 is 3.00 bits per heavy atom. The van der Waals surface area contributed by atoms with Gasteiger partial charge in [-0.2, -0.15) is 0 Å². The van der Waals surface area contributed by atoms with Gasteiger partial charge < -0.3 is 19.4 Å². The van der Waals surface area contributed by atoms with Gasteiger partial charge in [-0.3, -0.25) is 4.79 Å². The number of hydrogen-bond donors (Lipinski definition) is 1. The van der Waals surface area contributed by atoms with E-state index in [0.717, 1.165) is 34.8 Å². The lowest BCUT2D eigenvalue weighted by Crippen LogP contribution is -2.12. The van der Waals surface area contributed by atoms with Crippen molar-refractivity contribution >= 4 is 11.6 Å². The number of anilines is 1. The summed E-state index contributed by atoms with van der Waals surface area (Å²) in [4.78, 5) is 16.9. The van der Waals surface area contributed by atoms with Crippen LogP contribution in [0.15, 0.2) is 48.9 Å². The standard InChI is InChI=1S/C20H17N3O3/c24-20(22-16-3-1-14-10-25-11-15(14)7-16)13-2-4-19-17(8-13)18-9-21-12-23(18)5-6-26-19/h1-4,7-9,12H,5-6,10-11H2,(H,22,24). The Morgan fingerprint density at radius 1 is 1.12 bits per heavy atom. The molecule has 0 bridgehead atoms. The molecule has 2 aromatic carbocycles. The molecule has 26 heavy (non-hydrogen) atoms. The van der Waals surface area contributed by atoms with Crippen LogP contribution in [0.25, 0.3) is 11.3 Å². The highest BCUT2D eigenvalue weighted by Crippen LogP contribution is 2.33. The minimum Gasteiger partial charge on any atom is -0.491 e. The number of imidazole rings is 1. The van der Waals surface area contributed by atoms with Crippen molar-refractivity contribution in [1.29, 1.82) is 0 Å². The number of nitrogens with one attached hydrogen (secondary N) is 1. The third-order valence-electron chi connectivity index (χ3n) is 4.80. The average molecular weight is 347 g/mol. The molecular formula is C20H17N3O3. The van der Waals surface area contributed by atoms with Crippen LogP contribution in [-0.4, -0.2) is 22.1 Å². The molecule has 130 valence electrons. The maximum absolute atomic E-state index is 12.7. The van der Waals surface area contributed by atoms with E-state index in [1.54, 1.807) is 18.6 Å². The molecule has 0 saturated carbocycles. The molecule has 2 aliphatic rings. The zero-order valence-corrected chi connectivity index (χ0v) is 14.1. The number of hydrogen-bond acceptors (Lipinski definition) is 4. The number of amides is 1. The molecule has 1 amide bonds. The van der Waals surface area contributed by atoms with E-state index in [9.17, 15) is 4.79 Å². The SMILES string of the molecule is O=C(Nc1ccc2c(c1)COC2)c1ccc2c(c1)-c1cncn1CCO2. The van der Waals surface area contributed by atoms with Gasteiger partial charge in [0.25, 0.3) is 5.91 Å². The van der Waals surface area contributed by atoms with Gasteiger partial charge in [0, 0.05) is 16.8 Å². The zero-order chi connectivity index (χ0) is 17.5. The lowest BCUT2D eigenvalue weighted by molar-refractivity contribution is 0.102. The van der Waals surface area contributed by atoms with E-state index in [4.69, 9.17) is 9.47 Å². The molecule has 3 heterocycles. The summed E-state index contributed by atoms with van der Waals surface area (Å²) in [6.45, 7) is 2.56. The van der Waals surface area contributed by atoms with Crippen LogP contribution in [0.4, 0.5) is 5.69 Å². The molecule has 0 radical (unpaired) electrons. The monoisotopic (exact) mass is 347 g/mol. The summed E-state index contributed by atoms with van der Waals surface area (Å²) in [6.07, 6.45) is 3.59. The van der Waals surface area contributed by atoms with Crippen LogP contribution in [0.3, 0.4) is 0 Å². The summed E-state index contributed by atoms with van der Waals surface area (Å²) in [7, 11) is 0. The molecule has 0 fully saturated rings. The van der Waals surface area contributed by atoms with Gasteiger partial charge in [0.15, 0.2) is 0 Å². The molecule has 0 saturated heterocycles. The zero-order valence-electron chi connectivity index (χ0n) is 14.1. The molecule has 0 unspecified atom stereocenters. The van der Waals surface area contributed by atoms with E-state index in [2.05, 4.69) is 10.3 Å². The second kappa shape index (κ2) is 6.00. The van der Waals surface area contributed by atoms with E-state index in [1.165, 1.54) is 5.56 Å². The third kappa shape index (κ3) is 2.55. The first-order chi connectivity index (χ1) is 12.8.